The van der Waals surface area contributed by atoms with Crippen molar-refractivity contribution in [1.82, 2.24) is 0 Å². The third kappa shape index (κ3) is 1.90. The number of halogens is 3. The Labute approximate surface area is 108 Å². The van der Waals surface area contributed by atoms with E-state index >= 15 is 0 Å². The summed E-state index contributed by atoms with van der Waals surface area (Å²) in [5, 5.41) is 9.65. The first-order valence-corrected chi connectivity index (χ1v) is 6.06. The van der Waals surface area contributed by atoms with Crippen LogP contribution in [0.1, 0.15) is 35.3 Å². The topological polar surface area (TPSA) is 37.3 Å². The summed E-state index contributed by atoms with van der Waals surface area (Å²) >= 11 is 18.1. The Morgan fingerprint density at radius 1 is 1.31 bits per heavy atom. The molecule has 1 aromatic rings. The number of rotatable bonds is 1. The average molecular weight is 280 g/mol. The van der Waals surface area contributed by atoms with E-state index in [4.69, 9.17) is 39.9 Å². The minimum Gasteiger partial charge on any atom is -0.481 e. The molecule has 0 amide bonds. The third-order valence-electron chi connectivity index (χ3n) is 2.86. The Hall–Kier alpha value is -0.440. The van der Waals surface area contributed by atoms with Crippen molar-refractivity contribution in [3.63, 3.8) is 0 Å². The van der Waals surface area contributed by atoms with Gasteiger partial charge in [0.25, 0.3) is 0 Å². The normalized spacial score (nSPS) is 23.9. The lowest BCUT2D eigenvalue weighted by Gasteiger charge is -2.27. The van der Waals surface area contributed by atoms with Crippen LogP contribution in [0.5, 0.6) is 0 Å². The molecule has 0 aliphatic heterocycles. The van der Waals surface area contributed by atoms with E-state index in [0.29, 0.717) is 34.0 Å². The molecule has 1 aromatic carbocycles. The van der Waals surface area contributed by atoms with Gasteiger partial charge < -0.3 is 5.11 Å². The second-order valence-electron chi connectivity index (χ2n) is 3.80. The molecule has 2 atom stereocenters. The molecule has 1 N–H and O–H groups in total. The van der Waals surface area contributed by atoms with Gasteiger partial charge in [0.05, 0.1) is 21.3 Å². The van der Waals surface area contributed by atoms with Crippen LogP contribution in [0.2, 0.25) is 10.0 Å². The van der Waals surface area contributed by atoms with Crippen LogP contribution >= 0.6 is 34.8 Å². The average Bonchev–Trinajstić information content (AvgIpc) is 2.23. The SMILES string of the molecule is O=C(O)C1CCC(Cl)c2c1ccc(Cl)c2Cl. The monoisotopic (exact) mass is 278 g/mol. The highest BCUT2D eigenvalue weighted by molar-refractivity contribution is 6.43. The van der Waals surface area contributed by atoms with E-state index in [1.807, 2.05) is 0 Å². The fraction of sp³-hybridized carbons (Fsp3) is 0.364. The van der Waals surface area contributed by atoms with Gasteiger partial charge in [-0.05, 0) is 30.0 Å². The minimum atomic E-state index is -0.844. The summed E-state index contributed by atoms with van der Waals surface area (Å²) in [5.41, 5.74) is 1.36. The number of benzene rings is 1. The molecule has 0 saturated heterocycles. The van der Waals surface area contributed by atoms with Gasteiger partial charge in [-0.25, -0.2) is 0 Å². The zero-order valence-electron chi connectivity index (χ0n) is 8.21. The molecule has 16 heavy (non-hydrogen) atoms. The molecule has 0 bridgehead atoms. The van der Waals surface area contributed by atoms with E-state index in [1.165, 1.54) is 0 Å². The molecule has 1 aliphatic rings. The van der Waals surface area contributed by atoms with Crippen molar-refractivity contribution in [2.24, 2.45) is 0 Å². The Bertz CT molecular complexity index is 445. The van der Waals surface area contributed by atoms with Crippen molar-refractivity contribution in [2.75, 3.05) is 0 Å². The van der Waals surface area contributed by atoms with E-state index < -0.39 is 11.9 Å². The summed E-state index contributed by atoms with van der Waals surface area (Å²) in [6.45, 7) is 0. The van der Waals surface area contributed by atoms with Crippen LogP contribution in [0.4, 0.5) is 0 Å². The van der Waals surface area contributed by atoms with Crippen LogP contribution in [-0.4, -0.2) is 11.1 Å². The fourth-order valence-electron chi connectivity index (χ4n) is 2.07. The molecule has 2 rings (SSSR count). The first-order valence-electron chi connectivity index (χ1n) is 4.87. The third-order valence-corrected chi connectivity index (χ3v) is 4.12. The molecular weight excluding hydrogens is 270 g/mol. The van der Waals surface area contributed by atoms with Crippen molar-refractivity contribution in [1.29, 1.82) is 0 Å². The van der Waals surface area contributed by atoms with E-state index in [9.17, 15) is 4.79 Å². The first-order chi connectivity index (χ1) is 7.52. The molecule has 0 fully saturated rings. The molecule has 0 aromatic heterocycles. The van der Waals surface area contributed by atoms with Gasteiger partial charge in [-0.15, -0.1) is 11.6 Å². The largest absolute Gasteiger partial charge is 0.481 e. The Balaban J connectivity index is 2.60. The highest BCUT2D eigenvalue weighted by atomic mass is 35.5. The zero-order valence-corrected chi connectivity index (χ0v) is 10.5. The number of carboxylic acid groups (broad SMARTS) is 1. The maximum atomic E-state index is 11.1. The number of hydrogen-bond donors (Lipinski definition) is 1. The smallest absolute Gasteiger partial charge is 0.310 e. The molecule has 0 heterocycles. The first kappa shape index (κ1) is 12.0. The number of carbonyl (C=O) groups is 1. The molecule has 0 saturated carbocycles. The van der Waals surface area contributed by atoms with Crippen LogP contribution in [0, 0.1) is 0 Å². The highest BCUT2D eigenvalue weighted by Gasteiger charge is 2.32. The quantitative estimate of drug-likeness (QED) is 0.781. The Kier molecular flexibility index (Phi) is 3.34. The number of carboxylic acids is 1. The summed E-state index contributed by atoms with van der Waals surface area (Å²) in [4.78, 5) is 11.1. The number of fused-ring (bicyclic) bond motifs is 1. The van der Waals surface area contributed by atoms with Crippen molar-refractivity contribution >= 4 is 40.8 Å². The van der Waals surface area contributed by atoms with Crippen LogP contribution in [0.3, 0.4) is 0 Å². The highest BCUT2D eigenvalue weighted by Crippen LogP contribution is 2.46. The predicted octanol–water partition coefficient (Wildman–Crippen LogP) is 4.24. The molecule has 2 unspecified atom stereocenters. The molecule has 0 spiro atoms. The summed E-state index contributed by atoms with van der Waals surface area (Å²) in [5.74, 6) is -1.37. The Morgan fingerprint density at radius 2 is 2.00 bits per heavy atom. The van der Waals surface area contributed by atoms with E-state index in [1.54, 1.807) is 12.1 Å². The maximum Gasteiger partial charge on any atom is 0.310 e. The lowest BCUT2D eigenvalue weighted by Crippen LogP contribution is -2.19. The summed E-state index contributed by atoms with van der Waals surface area (Å²) in [7, 11) is 0. The van der Waals surface area contributed by atoms with Crippen molar-refractivity contribution in [3.8, 4) is 0 Å². The zero-order chi connectivity index (χ0) is 11.9. The number of alkyl halides is 1. The van der Waals surface area contributed by atoms with Gasteiger partial charge in [0, 0.05) is 0 Å². The van der Waals surface area contributed by atoms with Crippen molar-refractivity contribution in [3.05, 3.63) is 33.3 Å². The van der Waals surface area contributed by atoms with E-state index in [-0.39, 0.29) is 5.38 Å². The van der Waals surface area contributed by atoms with Crippen LogP contribution < -0.4 is 0 Å². The number of aliphatic carboxylic acids is 1. The number of hydrogen-bond acceptors (Lipinski definition) is 1. The van der Waals surface area contributed by atoms with E-state index in [0.717, 1.165) is 0 Å². The fourth-order valence-corrected chi connectivity index (χ4v) is 2.96. The van der Waals surface area contributed by atoms with Crippen molar-refractivity contribution < 1.29 is 9.90 Å². The summed E-state index contributed by atoms with van der Waals surface area (Å²) < 4.78 is 0. The standard InChI is InChI=1S/C11H9Cl3O2/c12-7-3-2-6(11(15)16)5-1-4-8(13)10(14)9(5)7/h1,4,6-7H,2-3H2,(H,15,16). The molecule has 2 nitrogen and oxygen atoms in total. The molecular formula is C11H9Cl3O2. The van der Waals surface area contributed by atoms with Gasteiger partial charge in [-0.1, -0.05) is 29.3 Å². The van der Waals surface area contributed by atoms with Gasteiger partial charge in [0.15, 0.2) is 0 Å². The minimum absolute atomic E-state index is 0.253. The van der Waals surface area contributed by atoms with Gasteiger partial charge >= 0.3 is 5.97 Å². The second kappa shape index (κ2) is 4.44. The maximum absolute atomic E-state index is 11.1. The van der Waals surface area contributed by atoms with Gasteiger partial charge in [0.1, 0.15) is 0 Å². The second-order valence-corrected chi connectivity index (χ2v) is 5.11. The van der Waals surface area contributed by atoms with Gasteiger partial charge in [-0.2, -0.15) is 0 Å². The van der Waals surface area contributed by atoms with E-state index in [2.05, 4.69) is 0 Å². The summed E-state index contributed by atoms with van der Waals surface area (Å²) in [6, 6.07) is 3.32. The predicted molar refractivity (Wildman–Crippen MR) is 64.7 cm³/mol. The lowest BCUT2D eigenvalue weighted by atomic mass is 9.82. The van der Waals surface area contributed by atoms with Gasteiger partial charge in [-0.3, -0.25) is 4.79 Å². The summed E-state index contributed by atoms with van der Waals surface area (Å²) in [6.07, 6.45) is 1.14. The molecule has 5 heteroatoms. The Morgan fingerprint density at radius 3 is 2.62 bits per heavy atom. The van der Waals surface area contributed by atoms with Gasteiger partial charge in [0.2, 0.25) is 0 Å². The molecule has 86 valence electrons. The lowest BCUT2D eigenvalue weighted by molar-refractivity contribution is -0.139. The van der Waals surface area contributed by atoms with Crippen LogP contribution in [0.15, 0.2) is 12.1 Å². The van der Waals surface area contributed by atoms with Crippen LogP contribution in [-0.2, 0) is 4.79 Å². The molecule has 1 aliphatic carbocycles. The molecule has 0 radical (unpaired) electrons. The van der Waals surface area contributed by atoms with Crippen LogP contribution in [0.25, 0.3) is 0 Å². The van der Waals surface area contributed by atoms with Crippen molar-refractivity contribution in [2.45, 2.75) is 24.1 Å².